The van der Waals surface area contributed by atoms with Crippen LogP contribution in [0.3, 0.4) is 0 Å². The summed E-state index contributed by atoms with van der Waals surface area (Å²) < 4.78 is 28.4. The molecule has 3 rings (SSSR count). The number of halogens is 2. The maximum absolute atomic E-state index is 13.6. The van der Waals surface area contributed by atoms with Crippen molar-refractivity contribution in [1.29, 1.82) is 0 Å². The van der Waals surface area contributed by atoms with E-state index in [1.807, 2.05) is 0 Å². The summed E-state index contributed by atoms with van der Waals surface area (Å²) in [6.45, 7) is 2.66. The Hall–Kier alpha value is -2.28. The van der Waals surface area contributed by atoms with Crippen LogP contribution in [0.2, 0.25) is 0 Å². The molecule has 1 aliphatic rings. The fourth-order valence-corrected chi connectivity index (χ4v) is 3.71. The summed E-state index contributed by atoms with van der Waals surface area (Å²) in [6, 6.07) is 3.63. The van der Waals surface area contributed by atoms with Crippen LogP contribution >= 0.6 is 0 Å². The molecule has 1 atom stereocenters. The van der Waals surface area contributed by atoms with Crippen molar-refractivity contribution in [2.24, 2.45) is 5.92 Å². The quantitative estimate of drug-likeness (QED) is 0.743. The Labute approximate surface area is 157 Å². The zero-order valence-corrected chi connectivity index (χ0v) is 15.5. The van der Waals surface area contributed by atoms with Gasteiger partial charge in [-0.25, -0.2) is 13.5 Å². The first-order chi connectivity index (χ1) is 13.0. The highest BCUT2D eigenvalue weighted by molar-refractivity contribution is 5.94. The molecule has 0 aliphatic heterocycles. The highest BCUT2D eigenvalue weighted by Gasteiger charge is 2.27. The molecule has 27 heavy (non-hydrogen) atoms. The Balaban J connectivity index is 1.82. The average molecular weight is 377 g/mol. The van der Waals surface area contributed by atoms with Gasteiger partial charge in [0.05, 0.1) is 5.69 Å². The van der Waals surface area contributed by atoms with E-state index in [1.54, 1.807) is 4.68 Å². The molecule has 1 amide bonds. The number of hydrogen-bond acceptors (Lipinski definition) is 3. The van der Waals surface area contributed by atoms with Crippen LogP contribution in [0.1, 0.15) is 54.4 Å². The molecular formula is C20H25F2N3O2. The van der Waals surface area contributed by atoms with Crippen LogP contribution in [0, 0.1) is 17.6 Å². The predicted octanol–water partition coefficient (Wildman–Crippen LogP) is 3.17. The number of rotatable bonds is 8. The zero-order chi connectivity index (χ0) is 19.4. The lowest BCUT2D eigenvalue weighted by atomic mass is 10.00. The van der Waals surface area contributed by atoms with Gasteiger partial charge in [0.1, 0.15) is 0 Å². The van der Waals surface area contributed by atoms with Crippen molar-refractivity contribution in [2.45, 2.75) is 45.4 Å². The number of hydrogen-bond donors (Lipinski definition) is 2. The van der Waals surface area contributed by atoms with E-state index >= 15 is 0 Å². The lowest BCUT2D eigenvalue weighted by molar-refractivity contribution is 0.0936. The largest absolute Gasteiger partial charge is 0.396 e. The molecule has 1 aliphatic carbocycles. The van der Waals surface area contributed by atoms with Gasteiger partial charge >= 0.3 is 0 Å². The van der Waals surface area contributed by atoms with E-state index in [-0.39, 0.29) is 18.4 Å². The van der Waals surface area contributed by atoms with Gasteiger partial charge in [-0.15, -0.1) is 0 Å². The second-order valence-electron chi connectivity index (χ2n) is 7.01. The maximum atomic E-state index is 13.6. The van der Waals surface area contributed by atoms with E-state index in [0.29, 0.717) is 24.3 Å². The first-order valence-corrected chi connectivity index (χ1v) is 9.50. The number of aliphatic hydroxyl groups excluding tert-OH is 1. The number of aromatic nitrogens is 2. The first-order valence-electron chi connectivity index (χ1n) is 9.50. The second kappa shape index (κ2) is 8.61. The van der Waals surface area contributed by atoms with E-state index < -0.39 is 11.6 Å². The molecule has 2 N–H and O–H groups in total. The lowest BCUT2D eigenvalue weighted by Gasteiger charge is -2.15. The van der Waals surface area contributed by atoms with E-state index in [1.165, 1.54) is 6.07 Å². The zero-order valence-electron chi connectivity index (χ0n) is 15.5. The minimum Gasteiger partial charge on any atom is -0.396 e. The Kier molecular flexibility index (Phi) is 6.21. The standard InChI is InChI=1S/C20H25F2N3O2/c1-2-4-13(9-10-26)12-23-20(27)19-15-5-3-6-18(15)25(24-19)14-7-8-16(21)17(22)11-14/h7-8,11,13,26H,2-6,9-10,12H2,1H3,(H,23,27)/t13-/m0/s1. The minimum absolute atomic E-state index is 0.0979. The van der Waals surface area contributed by atoms with Crippen LogP contribution in [0.4, 0.5) is 8.78 Å². The second-order valence-corrected chi connectivity index (χ2v) is 7.01. The SMILES string of the molecule is CCC[C@@H](CCO)CNC(=O)c1nn(-c2ccc(F)c(F)c2)c2c1CCC2. The monoisotopic (exact) mass is 377 g/mol. The third-order valence-corrected chi connectivity index (χ3v) is 5.08. The molecule has 7 heteroatoms. The lowest BCUT2D eigenvalue weighted by Crippen LogP contribution is -2.30. The topological polar surface area (TPSA) is 67.2 Å². The van der Waals surface area contributed by atoms with Gasteiger partial charge in [-0.1, -0.05) is 13.3 Å². The highest BCUT2D eigenvalue weighted by Crippen LogP contribution is 2.28. The molecule has 146 valence electrons. The molecule has 0 saturated heterocycles. The summed E-state index contributed by atoms with van der Waals surface area (Å²) in [6.07, 6.45) is 4.97. The van der Waals surface area contributed by atoms with E-state index in [9.17, 15) is 13.6 Å². The van der Waals surface area contributed by atoms with Crippen molar-refractivity contribution < 1.29 is 18.7 Å². The van der Waals surface area contributed by atoms with Gasteiger partial charge in [-0.05, 0) is 50.2 Å². The Morgan fingerprint density at radius 3 is 2.81 bits per heavy atom. The van der Waals surface area contributed by atoms with Crippen LogP contribution in [0.15, 0.2) is 18.2 Å². The normalized spacial score (nSPS) is 14.2. The molecule has 0 unspecified atom stereocenters. The molecule has 1 heterocycles. The Bertz CT molecular complexity index is 814. The summed E-state index contributed by atoms with van der Waals surface area (Å²) in [4.78, 5) is 12.7. The predicted molar refractivity (Wildman–Crippen MR) is 97.9 cm³/mol. The van der Waals surface area contributed by atoms with Crippen molar-refractivity contribution in [3.05, 3.63) is 46.8 Å². The highest BCUT2D eigenvalue weighted by atomic mass is 19.2. The van der Waals surface area contributed by atoms with Gasteiger partial charge in [-0.2, -0.15) is 5.10 Å². The van der Waals surface area contributed by atoms with Crippen molar-refractivity contribution in [3.8, 4) is 5.69 Å². The Morgan fingerprint density at radius 2 is 2.11 bits per heavy atom. The number of nitrogens with one attached hydrogen (secondary N) is 1. The molecular weight excluding hydrogens is 352 g/mol. The van der Waals surface area contributed by atoms with Crippen molar-refractivity contribution in [2.75, 3.05) is 13.2 Å². The minimum atomic E-state index is -0.938. The number of amides is 1. The smallest absolute Gasteiger partial charge is 0.272 e. The molecule has 1 aromatic heterocycles. The van der Waals surface area contributed by atoms with Crippen LogP contribution < -0.4 is 5.32 Å². The summed E-state index contributed by atoms with van der Waals surface area (Å²) in [5.74, 6) is -1.88. The van der Waals surface area contributed by atoms with Crippen LogP contribution in [0.5, 0.6) is 0 Å². The van der Waals surface area contributed by atoms with Crippen LogP contribution in [-0.2, 0) is 12.8 Å². The van der Waals surface area contributed by atoms with Crippen molar-refractivity contribution in [1.82, 2.24) is 15.1 Å². The average Bonchev–Trinajstić information content (AvgIpc) is 3.25. The number of aliphatic hydroxyl groups is 1. The molecule has 0 saturated carbocycles. The van der Waals surface area contributed by atoms with Gasteiger partial charge in [-0.3, -0.25) is 4.79 Å². The third kappa shape index (κ3) is 4.18. The van der Waals surface area contributed by atoms with E-state index in [2.05, 4.69) is 17.3 Å². The van der Waals surface area contributed by atoms with Crippen molar-refractivity contribution in [3.63, 3.8) is 0 Å². The number of carbonyl (C=O) groups excluding carboxylic acids is 1. The number of benzene rings is 1. The Morgan fingerprint density at radius 1 is 1.30 bits per heavy atom. The molecule has 5 nitrogen and oxygen atoms in total. The first kappa shape index (κ1) is 19.5. The number of nitrogens with zero attached hydrogens (tertiary/aromatic N) is 2. The fourth-order valence-electron chi connectivity index (χ4n) is 3.71. The van der Waals surface area contributed by atoms with Crippen LogP contribution in [0.25, 0.3) is 5.69 Å². The molecule has 2 aromatic rings. The van der Waals surface area contributed by atoms with E-state index in [4.69, 9.17) is 5.11 Å². The van der Waals surface area contributed by atoms with Gasteiger partial charge in [0, 0.05) is 30.5 Å². The number of carbonyl (C=O) groups is 1. The summed E-state index contributed by atoms with van der Waals surface area (Å²) >= 11 is 0. The molecule has 0 radical (unpaired) electrons. The number of fused-ring (bicyclic) bond motifs is 1. The van der Waals surface area contributed by atoms with Gasteiger partial charge in [0.2, 0.25) is 0 Å². The van der Waals surface area contributed by atoms with Crippen LogP contribution in [-0.4, -0.2) is 33.9 Å². The molecule has 1 aromatic carbocycles. The molecule has 0 fully saturated rings. The summed E-state index contributed by atoms with van der Waals surface area (Å²) in [5, 5.41) is 16.5. The van der Waals surface area contributed by atoms with E-state index in [0.717, 1.165) is 55.5 Å². The molecule has 0 bridgehead atoms. The maximum Gasteiger partial charge on any atom is 0.272 e. The van der Waals surface area contributed by atoms with Gasteiger partial charge in [0.15, 0.2) is 17.3 Å². The summed E-state index contributed by atoms with van der Waals surface area (Å²) in [5.41, 5.74) is 2.53. The fraction of sp³-hybridized carbons (Fsp3) is 0.500. The van der Waals surface area contributed by atoms with Crippen molar-refractivity contribution >= 4 is 5.91 Å². The van der Waals surface area contributed by atoms with Gasteiger partial charge in [0.25, 0.3) is 5.91 Å². The third-order valence-electron chi connectivity index (χ3n) is 5.08. The molecule has 0 spiro atoms. The van der Waals surface area contributed by atoms with Gasteiger partial charge < -0.3 is 10.4 Å². The summed E-state index contributed by atoms with van der Waals surface area (Å²) in [7, 11) is 0.